The van der Waals surface area contributed by atoms with Crippen LogP contribution in [0.3, 0.4) is 0 Å². The highest BCUT2D eigenvalue weighted by Crippen LogP contribution is 2.48. The topological polar surface area (TPSA) is 60.4 Å². The average molecular weight is 486 g/mol. The first-order valence-corrected chi connectivity index (χ1v) is 12.6. The Kier molecular flexibility index (Phi) is 5.97. The van der Waals surface area contributed by atoms with Gasteiger partial charge in [-0.3, -0.25) is 4.90 Å². The Morgan fingerprint density at radius 2 is 1.72 bits per heavy atom. The summed E-state index contributed by atoms with van der Waals surface area (Å²) in [6, 6.07) is 19.4. The lowest BCUT2D eigenvalue weighted by Crippen LogP contribution is -2.47. The minimum Gasteiger partial charge on any atom is -0.508 e. The minimum absolute atomic E-state index is 0.213. The van der Waals surface area contributed by atoms with Crippen LogP contribution in [-0.4, -0.2) is 43.0 Å². The van der Waals surface area contributed by atoms with Gasteiger partial charge in [-0.25, -0.2) is 0 Å². The Balaban J connectivity index is 1.26. The molecule has 0 radical (unpaired) electrons. The van der Waals surface area contributed by atoms with Crippen molar-refractivity contribution in [2.45, 2.75) is 26.4 Å². The molecule has 3 aromatic carbocycles. The summed E-state index contributed by atoms with van der Waals surface area (Å²) in [6.07, 6.45) is 0.944. The molecule has 3 heterocycles. The summed E-state index contributed by atoms with van der Waals surface area (Å²) in [5, 5.41) is 10.1. The zero-order valence-corrected chi connectivity index (χ0v) is 20.7. The number of aromatic hydroxyl groups is 1. The largest absolute Gasteiger partial charge is 0.508 e. The molecule has 186 valence electrons. The lowest BCUT2D eigenvalue weighted by molar-refractivity contribution is 0.0806. The van der Waals surface area contributed by atoms with Crippen molar-refractivity contribution >= 4 is 11.1 Å². The summed E-state index contributed by atoms with van der Waals surface area (Å²) in [7, 11) is 0. The van der Waals surface area contributed by atoms with E-state index >= 15 is 0 Å². The molecule has 0 saturated carbocycles. The van der Waals surface area contributed by atoms with Crippen molar-refractivity contribution in [1.82, 2.24) is 4.90 Å². The Bertz CT molecular complexity index is 1290. The van der Waals surface area contributed by atoms with Gasteiger partial charge in [-0.15, -0.1) is 0 Å². The van der Waals surface area contributed by atoms with Crippen LogP contribution in [0.2, 0.25) is 0 Å². The molecule has 0 amide bonds. The third-order valence-electron chi connectivity index (χ3n) is 7.43. The van der Waals surface area contributed by atoms with Gasteiger partial charge in [0.2, 0.25) is 6.79 Å². The van der Waals surface area contributed by atoms with Gasteiger partial charge in [0.25, 0.3) is 0 Å². The van der Waals surface area contributed by atoms with Crippen LogP contribution in [-0.2, 0) is 0 Å². The van der Waals surface area contributed by atoms with Crippen molar-refractivity contribution < 1.29 is 24.1 Å². The van der Waals surface area contributed by atoms with Crippen LogP contribution < -0.4 is 18.9 Å². The molecule has 1 fully saturated rings. The van der Waals surface area contributed by atoms with Crippen LogP contribution in [0.4, 0.5) is 0 Å². The number of fused-ring (bicyclic) bond motifs is 2. The molecule has 1 saturated heterocycles. The van der Waals surface area contributed by atoms with Crippen molar-refractivity contribution in [3.8, 4) is 28.7 Å². The second-order valence-corrected chi connectivity index (χ2v) is 9.74. The number of hydrogen-bond acceptors (Lipinski definition) is 6. The minimum atomic E-state index is -0.316. The maximum atomic E-state index is 10.1. The predicted octanol–water partition coefficient (Wildman–Crippen LogP) is 5.91. The van der Waals surface area contributed by atoms with Gasteiger partial charge in [0, 0.05) is 30.8 Å². The van der Waals surface area contributed by atoms with Gasteiger partial charge in [0.05, 0.1) is 0 Å². The van der Waals surface area contributed by atoms with E-state index in [0.717, 1.165) is 63.3 Å². The lowest BCUT2D eigenvalue weighted by Gasteiger charge is -2.38. The van der Waals surface area contributed by atoms with Gasteiger partial charge in [0.1, 0.15) is 30.0 Å². The van der Waals surface area contributed by atoms with Gasteiger partial charge in [-0.1, -0.05) is 31.5 Å². The normalized spacial score (nSPS) is 19.0. The molecule has 6 heteroatoms. The van der Waals surface area contributed by atoms with Crippen molar-refractivity contribution in [2.24, 2.45) is 5.92 Å². The molecule has 1 N–H and O–H groups in total. The molecular weight excluding hydrogens is 454 g/mol. The number of allylic oxidation sites excluding steroid dienone is 1. The molecule has 3 aliphatic heterocycles. The predicted molar refractivity (Wildman–Crippen MR) is 139 cm³/mol. The number of hydrogen-bond donors (Lipinski definition) is 1. The summed E-state index contributed by atoms with van der Waals surface area (Å²) >= 11 is 0. The second-order valence-electron chi connectivity index (χ2n) is 9.74. The molecule has 36 heavy (non-hydrogen) atoms. The van der Waals surface area contributed by atoms with Gasteiger partial charge in [-0.2, -0.15) is 0 Å². The van der Waals surface area contributed by atoms with Crippen LogP contribution in [0, 0.1) is 5.92 Å². The number of nitrogens with zero attached hydrogens (tertiary/aromatic N) is 1. The number of benzene rings is 3. The second kappa shape index (κ2) is 9.43. The molecule has 1 unspecified atom stereocenters. The molecule has 6 rings (SSSR count). The van der Waals surface area contributed by atoms with E-state index in [1.165, 1.54) is 19.5 Å². The van der Waals surface area contributed by atoms with Crippen LogP contribution in [0.1, 0.15) is 43.1 Å². The van der Waals surface area contributed by atoms with E-state index in [0.29, 0.717) is 6.61 Å². The number of ether oxygens (including phenoxy) is 4. The van der Waals surface area contributed by atoms with E-state index in [1.807, 2.05) is 36.4 Å². The highest BCUT2D eigenvalue weighted by Gasteiger charge is 2.31. The van der Waals surface area contributed by atoms with Crippen LogP contribution in [0.25, 0.3) is 11.1 Å². The van der Waals surface area contributed by atoms with E-state index in [2.05, 4.69) is 30.9 Å². The number of phenolic OH excluding ortho intramolecular Hbond substituents is 1. The number of rotatable bonds is 7. The summed E-state index contributed by atoms with van der Waals surface area (Å²) in [5.74, 6) is 4.14. The quantitative estimate of drug-likeness (QED) is 0.449. The molecule has 3 aromatic rings. The number of likely N-dealkylation sites (tertiary alicyclic amines) is 1. The molecule has 6 nitrogen and oxygen atoms in total. The zero-order valence-electron chi connectivity index (χ0n) is 20.7. The van der Waals surface area contributed by atoms with Gasteiger partial charge in [0.15, 0.2) is 11.5 Å². The summed E-state index contributed by atoms with van der Waals surface area (Å²) < 4.78 is 23.7. The lowest BCUT2D eigenvalue weighted by atomic mass is 9.86. The van der Waals surface area contributed by atoms with E-state index in [-0.39, 0.29) is 18.6 Å². The van der Waals surface area contributed by atoms with Crippen LogP contribution in [0.15, 0.2) is 60.7 Å². The zero-order chi connectivity index (χ0) is 24.6. The van der Waals surface area contributed by atoms with Gasteiger partial charge < -0.3 is 24.1 Å². The highest BCUT2D eigenvalue weighted by molar-refractivity contribution is 5.96. The maximum Gasteiger partial charge on any atom is 0.231 e. The van der Waals surface area contributed by atoms with E-state index in [9.17, 15) is 5.11 Å². The molecule has 0 spiro atoms. The maximum absolute atomic E-state index is 10.1. The molecule has 3 aliphatic rings. The summed E-state index contributed by atoms with van der Waals surface area (Å²) in [6.45, 7) is 8.58. The van der Waals surface area contributed by atoms with E-state index in [1.54, 1.807) is 12.1 Å². The summed E-state index contributed by atoms with van der Waals surface area (Å²) in [5.41, 5.74) is 4.99. The SMILES string of the molecule is CCC1CN(CCOc2ccc(C3Oc4ccc(O)cc4C(C)=C3c3ccc4c(c3)OCO4)cc2)C1. The van der Waals surface area contributed by atoms with Gasteiger partial charge >= 0.3 is 0 Å². The molecular formula is C30H31NO5. The van der Waals surface area contributed by atoms with E-state index < -0.39 is 0 Å². The first-order valence-electron chi connectivity index (χ1n) is 12.6. The smallest absolute Gasteiger partial charge is 0.231 e. The average Bonchev–Trinajstić information content (AvgIpc) is 3.34. The van der Waals surface area contributed by atoms with Crippen molar-refractivity contribution in [3.05, 3.63) is 77.4 Å². The Labute approximate surface area is 211 Å². The fraction of sp³-hybridized carbons (Fsp3) is 0.333. The molecule has 0 aromatic heterocycles. The highest BCUT2D eigenvalue weighted by atomic mass is 16.7. The van der Waals surface area contributed by atoms with Gasteiger partial charge in [-0.05, 0) is 72.0 Å². The molecule has 0 bridgehead atoms. The molecule has 0 aliphatic carbocycles. The van der Waals surface area contributed by atoms with E-state index in [4.69, 9.17) is 18.9 Å². The van der Waals surface area contributed by atoms with Crippen molar-refractivity contribution in [2.75, 3.05) is 33.0 Å². The van der Waals surface area contributed by atoms with Crippen molar-refractivity contribution in [1.29, 1.82) is 0 Å². The Hall–Kier alpha value is -3.64. The first kappa shape index (κ1) is 22.8. The third-order valence-corrected chi connectivity index (χ3v) is 7.43. The first-order chi connectivity index (χ1) is 17.6. The van der Waals surface area contributed by atoms with Crippen LogP contribution >= 0.6 is 0 Å². The Morgan fingerprint density at radius 1 is 0.944 bits per heavy atom. The monoisotopic (exact) mass is 485 g/mol. The van der Waals surface area contributed by atoms with Crippen molar-refractivity contribution in [3.63, 3.8) is 0 Å². The fourth-order valence-corrected chi connectivity index (χ4v) is 5.26. The van der Waals surface area contributed by atoms with Crippen LogP contribution in [0.5, 0.6) is 28.7 Å². The number of phenols is 1. The summed E-state index contributed by atoms with van der Waals surface area (Å²) in [4.78, 5) is 2.44. The third kappa shape index (κ3) is 4.26. The fourth-order valence-electron chi connectivity index (χ4n) is 5.26. The standard InChI is InChI=1S/C30H31NO5/c1-3-20-16-31(17-20)12-13-33-24-8-4-21(5-9-24)30-29(22-6-10-27-28(14-22)35-18-34-27)19(2)25-15-23(32)7-11-26(25)36-30/h4-11,14-15,20,30,32H,3,12-13,16-18H2,1-2H3. The Morgan fingerprint density at radius 3 is 2.53 bits per heavy atom. The molecule has 1 atom stereocenters.